The summed E-state index contributed by atoms with van der Waals surface area (Å²) in [5, 5.41) is 0. The number of ether oxygens (including phenoxy) is 1. The Morgan fingerprint density at radius 1 is 1.50 bits per heavy atom. The highest BCUT2D eigenvalue weighted by Crippen LogP contribution is 2.43. The van der Waals surface area contributed by atoms with Crippen molar-refractivity contribution < 1.29 is 4.74 Å². The molecule has 1 aromatic heterocycles. The van der Waals surface area contributed by atoms with E-state index in [1.54, 1.807) is 11.3 Å². The molecular weight excluding hydrogens is 396 g/mol. The minimum absolute atomic E-state index is 0.428. The van der Waals surface area contributed by atoms with Crippen molar-refractivity contribution >= 4 is 59.1 Å². The van der Waals surface area contributed by atoms with E-state index in [0.29, 0.717) is 10.7 Å². The van der Waals surface area contributed by atoms with Crippen molar-refractivity contribution in [2.45, 2.75) is 11.2 Å². The molecular formula is C9H9Br3OS. The van der Waals surface area contributed by atoms with Gasteiger partial charge in [0.05, 0.1) is 15.2 Å². The molecule has 0 aliphatic carbocycles. The number of alkyl halides is 1. The second-order valence-electron chi connectivity index (χ2n) is 3.30. The van der Waals surface area contributed by atoms with E-state index in [-0.39, 0.29) is 0 Å². The van der Waals surface area contributed by atoms with Crippen LogP contribution < -0.4 is 0 Å². The SMILES string of the molecule is Brc1cc(C(Br)C2CCOC2)sc1Br. The van der Waals surface area contributed by atoms with Crippen LogP contribution in [0.1, 0.15) is 16.1 Å². The molecule has 1 saturated heterocycles. The fraction of sp³-hybridized carbons (Fsp3) is 0.556. The van der Waals surface area contributed by atoms with Gasteiger partial charge in [-0.25, -0.2) is 0 Å². The van der Waals surface area contributed by atoms with Gasteiger partial charge in [0.2, 0.25) is 0 Å². The number of halogens is 3. The Labute approximate surface area is 113 Å². The van der Waals surface area contributed by atoms with E-state index in [0.717, 1.165) is 27.9 Å². The van der Waals surface area contributed by atoms with Gasteiger partial charge in [-0.2, -0.15) is 0 Å². The topological polar surface area (TPSA) is 9.23 Å². The van der Waals surface area contributed by atoms with Gasteiger partial charge in [-0.3, -0.25) is 0 Å². The van der Waals surface area contributed by atoms with Crippen molar-refractivity contribution in [2.75, 3.05) is 13.2 Å². The zero-order valence-electron chi connectivity index (χ0n) is 7.30. The van der Waals surface area contributed by atoms with Crippen molar-refractivity contribution in [1.29, 1.82) is 0 Å². The maximum atomic E-state index is 5.39. The van der Waals surface area contributed by atoms with Gasteiger partial charge in [0.25, 0.3) is 0 Å². The third-order valence-corrected chi connectivity index (χ3v) is 7.20. The van der Waals surface area contributed by atoms with Crippen LogP contribution in [0.3, 0.4) is 0 Å². The first-order chi connectivity index (χ1) is 6.68. The highest BCUT2D eigenvalue weighted by Gasteiger charge is 2.26. The summed E-state index contributed by atoms with van der Waals surface area (Å²) in [6.07, 6.45) is 1.16. The van der Waals surface area contributed by atoms with Crippen molar-refractivity contribution in [3.63, 3.8) is 0 Å². The summed E-state index contributed by atoms with van der Waals surface area (Å²) in [5.41, 5.74) is 0. The molecule has 2 unspecified atom stereocenters. The lowest BCUT2D eigenvalue weighted by Crippen LogP contribution is -2.05. The van der Waals surface area contributed by atoms with Gasteiger partial charge < -0.3 is 4.74 Å². The highest BCUT2D eigenvalue weighted by molar-refractivity contribution is 9.13. The molecule has 1 aliphatic rings. The smallest absolute Gasteiger partial charge is 0.0843 e. The molecule has 0 amide bonds. The van der Waals surface area contributed by atoms with Gasteiger partial charge in [0.15, 0.2) is 0 Å². The highest BCUT2D eigenvalue weighted by atomic mass is 79.9. The third-order valence-electron chi connectivity index (χ3n) is 2.31. The summed E-state index contributed by atoms with van der Waals surface area (Å²) < 4.78 is 7.69. The van der Waals surface area contributed by atoms with Gasteiger partial charge in [-0.1, -0.05) is 15.9 Å². The van der Waals surface area contributed by atoms with Gasteiger partial charge in [0.1, 0.15) is 0 Å². The van der Waals surface area contributed by atoms with Crippen LogP contribution >= 0.6 is 59.1 Å². The van der Waals surface area contributed by atoms with Gasteiger partial charge in [-0.15, -0.1) is 11.3 Å². The molecule has 78 valence electrons. The fourth-order valence-corrected chi connectivity index (χ4v) is 4.51. The lowest BCUT2D eigenvalue weighted by Gasteiger charge is -2.13. The maximum Gasteiger partial charge on any atom is 0.0843 e. The molecule has 0 saturated carbocycles. The number of rotatable bonds is 2. The van der Waals surface area contributed by atoms with Crippen molar-refractivity contribution in [3.8, 4) is 0 Å². The average Bonchev–Trinajstić information content (AvgIpc) is 2.76. The van der Waals surface area contributed by atoms with Crippen molar-refractivity contribution in [3.05, 3.63) is 19.2 Å². The Balaban J connectivity index is 2.13. The fourth-order valence-electron chi connectivity index (χ4n) is 1.52. The zero-order valence-corrected chi connectivity index (χ0v) is 12.9. The summed E-state index contributed by atoms with van der Waals surface area (Å²) in [5.74, 6) is 0.618. The van der Waals surface area contributed by atoms with Crippen LogP contribution in [-0.2, 0) is 4.74 Å². The molecule has 5 heteroatoms. The van der Waals surface area contributed by atoms with E-state index in [9.17, 15) is 0 Å². The molecule has 0 N–H and O–H groups in total. The van der Waals surface area contributed by atoms with E-state index in [1.165, 1.54) is 4.88 Å². The largest absolute Gasteiger partial charge is 0.381 e. The van der Waals surface area contributed by atoms with Gasteiger partial charge in [-0.05, 0) is 44.3 Å². The molecule has 0 spiro atoms. The molecule has 2 heterocycles. The van der Waals surface area contributed by atoms with Crippen LogP contribution in [0.15, 0.2) is 14.3 Å². The summed E-state index contributed by atoms with van der Waals surface area (Å²) in [4.78, 5) is 1.79. The Bertz CT molecular complexity index is 300. The second kappa shape index (κ2) is 4.95. The quantitative estimate of drug-likeness (QED) is 0.646. The van der Waals surface area contributed by atoms with Crippen LogP contribution in [0.5, 0.6) is 0 Å². The lowest BCUT2D eigenvalue weighted by molar-refractivity contribution is 0.186. The van der Waals surface area contributed by atoms with E-state index >= 15 is 0 Å². The predicted octanol–water partition coefficient (Wildman–Crippen LogP) is 4.75. The monoisotopic (exact) mass is 402 g/mol. The Morgan fingerprint density at radius 2 is 2.29 bits per heavy atom. The number of hydrogen-bond donors (Lipinski definition) is 0. The maximum absolute atomic E-state index is 5.39. The first-order valence-electron chi connectivity index (χ1n) is 4.35. The molecule has 14 heavy (non-hydrogen) atoms. The summed E-state index contributed by atoms with van der Waals surface area (Å²) >= 11 is 12.5. The minimum Gasteiger partial charge on any atom is -0.381 e. The Kier molecular flexibility index (Phi) is 4.10. The van der Waals surface area contributed by atoms with E-state index < -0.39 is 0 Å². The molecule has 1 aromatic rings. The average molecular weight is 405 g/mol. The van der Waals surface area contributed by atoms with Crippen molar-refractivity contribution in [1.82, 2.24) is 0 Å². The summed E-state index contributed by atoms with van der Waals surface area (Å²) in [7, 11) is 0. The molecule has 0 radical (unpaired) electrons. The molecule has 1 nitrogen and oxygen atoms in total. The molecule has 1 aliphatic heterocycles. The normalized spacial score (nSPS) is 24.1. The molecule has 1 fully saturated rings. The van der Waals surface area contributed by atoms with Gasteiger partial charge >= 0.3 is 0 Å². The first kappa shape index (κ1) is 11.6. The summed E-state index contributed by atoms with van der Waals surface area (Å²) in [6, 6.07) is 2.17. The zero-order chi connectivity index (χ0) is 10.1. The van der Waals surface area contributed by atoms with Gasteiger partial charge in [0, 0.05) is 21.9 Å². The number of hydrogen-bond acceptors (Lipinski definition) is 2. The minimum atomic E-state index is 0.428. The van der Waals surface area contributed by atoms with E-state index in [4.69, 9.17) is 4.74 Å². The van der Waals surface area contributed by atoms with E-state index in [1.807, 2.05) is 0 Å². The third kappa shape index (κ3) is 2.43. The van der Waals surface area contributed by atoms with Crippen LogP contribution in [0.2, 0.25) is 0 Å². The Hall–Kier alpha value is 1.10. The second-order valence-corrected chi connectivity index (χ2v) is 7.54. The lowest BCUT2D eigenvalue weighted by atomic mass is 10.0. The summed E-state index contributed by atoms with van der Waals surface area (Å²) in [6.45, 7) is 1.78. The van der Waals surface area contributed by atoms with E-state index in [2.05, 4.69) is 53.9 Å². The van der Waals surface area contributed by atoms with Crippen LogP contribution in [0, 0.1) is 5.92 Å². The first-order valence-corrected chi connectivity index (χ1v) is 7.67. The molecule has 2 rings (SSSR count). The van der Waals surface area contributed by atoms with Crippen molar-refractivity contribution in [2.24, 2.45) is 5.92 Å². The van der Waals surface area contributed by atoms with Crippen LogP contribution in [-0.4, -0.2) is 13.2 Å². The molecule has 2 atom stereocenters. The van der Waals surface area contributed by atoms with Crippen LogP contribution in [0.4, 0.5) is 0 Å². The van der Waals surface area contributed by atoms with Crippen LogP contribution in [0.25, 0.3) is 0 Å². The standard InChI is InChI=1S/C9H9Br3OS/c10-6-3-7(14-9(6)12)8(11)5-1-2-13-4-5/h3,5,8H,1-2,4H2. The predicted molar refractivity (Wildman–Crippen MR) is 70.3 cm³/mol. The molecule has 0 bridgehead atoms. The Morgan fingerprint density at radius 3 is 2.79 bits per heavy atom. The molecule has 0 aromatic carbocycles. The number of thiophene rings is 1.